The lowest BCUT2D eigenvalue weighted by Crippen LogP contribution is -2.60. The lowest BCUT2D eigenvalue weighted by Gasteiger charge is -2.40. The number of hydrogen-bond acceptors (Lipinski definition) is 5. The molecule has 1 saturated heterocycles. The molecule has 1 aromatic rings. The van der Waals surface area contributed by atoms with Gasteiger partial charge >= 0.3 is 0 Å². The highest BCUT2D eigenvalue weighted by Crippen LogP contribution is 2.40. The van der Waals surface area contributed by atoms with E-state index in [0.717, 1.165) is 24.0 Å². The summed E-state index contributed by atoms with van der Waals surface area (Å²) in [7, 11) is 0. The second-order valence-electron chi connectivity index (χ2n) is 6.53. The van der Waals surface area contributed by atoms with Crippen LogP contribution in [0.1, 0.15) is 45.4 Å². The van der Waals surface area contributed by atoms with Crippen molar-refractivity contribution in [2.75, 3.05) is 18.0 Å². The van der Waals surface area contributed by atoms with Crippen molar-refractivity contribution in [1.29, 1.82) is 0 Å². The minimum absolute atomic E-state index is 0.119. The smallest absolute Gasteiger partial charge is 0.225 e. The lowest BCUT2D eigenvalue weighted by atomic mass is 9.94. The summed E-state index contributed by atoms with van der Waals surface area (Å²) in [6.45, 7) is 7.50. The van der Waals surface area contributed by atoms with Gasteiger partial charge in [-0.2, -0.15) is 4.37 Å². The maximum absolute atomic E-state index is 11.9. The van der Waals surface area contributed by atoms with E-state index in [1.165, 1.54) is 24.4 Å². The first-order valence-electron chi connectivity index (χ1n) is 6.83. The van der Waals surface area contributed by atoms with E-state index in [0.29, 0.717) is 5.92 Å². The number of carbonyl (C=O) groups excluding carboxylic acids is 1. The third-order valence-electron chi connectivity index (χ3n) is 3.54. The third-order valence-corrected chi connectivity index (χ3v) is 4.33. The summed E-state index contributed by atoms with van der Waals surface area (Å²) in [5, 5.41) is 4.08. The fraction of sp³-hybridized carbons (Fsp3) is 0.769. The van der Waals surface area contributed by atoms with E-state index >= 15 is 0 Å². The lowest BCUT2D eigenvalue weighted by molar-refractivity contribution is -0.129. The highest BCUT2D eigenvalue weighted by Gasteiger charge is 2.34. The minimum atomic E-state index is -0.317. The van der Waals surface area contributed by atoms with Crippen LogP contribution in [0, 0.1) is 5.41 Å². The molecule has 1 aliphatic carbocycles. The van der Waals surface area contributed by atoms with Crippen LogP contribution >= 0.6 is 11.5 Å². The van der Waals surface area contributed by atoms with Gasteiger partial charge in [0.15, 0.2) is 0 Å². The van der Waals surface area contributed by atoms with E-state index in [4.69, 9.17) is 0 Å². The van der Waals surface area contributed by atoms with Crippen molar-refractivity contribution in [3.8, 4) is 0 Å². The molecule has 19 heavy (non-hydrogen) atoms. The van der Waals surface area contributed by atoms with Crippen LogP contribution in [0.25, 0.3) is 0 Å². The first-order valence-corrected chi connectivity index (χ1v) is 7.60. The van der Waals surface area contributed by atoms with Crippen molar-refractivity contribution >= 4 is 22.6 Å². The molecule has 0 atom stereocenters. The van der Waals surface area contributed by atoms with Crippen molar-refractivity contribution in [3.63, 3.8) is 0 Å². The molecule has 3 rings (SSSR count). The van der Waals surface area contributed by atoms with Gasteiger partial charge in [0.05, 0.1) is 6.04 Å². The van der Waals surface area contributed by atoms with Crippen LogP contribution in [-0.2, 0) is 4.79 Å². The van der Waals surface area contributed by atoms with Crippen LogP contribution in [-0.4, -0.2) is 34.4 Å². The Labute approximate surface area is 117 Å². The standard InChI is InChI=1S/C13H20N4OS/c1-13(2,3)11(18)14-9-6-17(7-9)12-15-10(16-19-12)8-4-5-8/h8-9H,4-7H2,1-3H3,(H,14,18). The van der Waals surface area contributed by atoms with Gasteiger partial charge in [-0.1, -0.05) is 20.8 Å². The first-order chi connectivity index (χ1) is 8.93. The number of nitrogens with zero attached hydrogens (tertiary/aromatic N) is 3. The molecule has 1 aromatic heterocycles. The Morgan fingerprint density at radius 1 is 1.37 bits per heavy atom. The highest BCUT2D eigenvalue weighted by atomic mass is 32.1. The molecule has 2 fully saturated rings. The van der Waals surface area contributed by atoms with Gasteiger partial charge in [-0.25, -0.2) is 4.98 Å². The zero-order chi connectivity index (χ0) is 13.6. The average Bonchev–Trinajstić information content (AvgIpc) is 3.01. The number of anilines is 1. The SMILES string of the molecule is CC(C)(C)C(=O)NC1CN(c2nc(C3CC3)ns2)C1. The maximum atomic E-state index is 11.9. The Balaban J connectivity index is 1.50. The van der Waals surface area contributed by atoms with Gasteiger partial charge in [0.25, 0.3) is 0 Å². The van der Waals surface area contributed by atoms with Crippen LogP contribution in [0.3, 0.4) is 0 Å². The van der Waals surface area contributed by atoms with E-state index < -0.39 is 0 Å². The number of nitrogens with one attached hydrogen (secondary N) is 1. The predicted molar refractivity (Wildman–Crippen MR) is 75.5 cm³/mol. The number of hydrogen-bond donors (Lipinski definition) is 1. The van der Waals surface area contributed by atoms with Crippen molar-refractivity contribution in [2.45, 2.75) is 45.6 Å². The van der Waals surface area contributed by atoms with Crippen LogP contribution in [0.5, 0.6) is 0 Å². The Morgan fingerprint density at radius 3 is 2.63 bits per heavy atom. The summed E-state index contributed by atoms with van der Waals surface area (Å²) in [6, 6.07) is 0.250. The monoisotopic (exact) mass is 280 g/mol. The fourth-order valence-electron chi connectivity index (χ4n) is 1.99. The average molecular weight is 280 g/mol. The molecule has 1 aliphatic heterocycles. The molecule has 0 aromatic carbocycles. The third kappa shape index (κ3) is 2.73. The van der Waals surface area contributed by atoms with Gasteiger partial charge in [0.2, 0.25) is 11.0 Å². The quantitative estimate of drug-likeness (QED) is 0.916. The molecular formula is C13H20N4OS. The summed E-state index contributed by atoms with van der Waals surface area (Å²) in [4.78, 5) is 18.6. The Kier molecular flexibility index (Phi) is 3.00. The van der Waals surface area contributed by atoms with E-state index in [1.54, 1.807) is 0 Å². The molecule has 104 valence electrons. The Bertz CT molecular complexity index is 483. The summed E-state index contributed by atoms with van der Waals surface area (Å²) in [6.07, 6.45) is 2.47. The van der Waals surface area contributed by atoms with Gasteiger partial charge in [-0.05, 0) is 12.8 Å². The van der Waals surface area contributed by atoms with Crippen molar-refractivity contribution < 1.29 is 4.79 Å². The molecule has 2 heterocycles. The molecule has 5 nitrogen and oxygen atoms in total. The van der Waals surface area contributed by atoms with Gasteiger partial charge in [-0.15, -0.1) is 0 Å². The fourth-order valence-corrected chi connectivity index (χ4v) is 2.75. The first kappa shape index (κ1) is 12.8. The Hall–Kier alpha value is -1.17. The Morgan fingerprint density at radius 2 is 2.05 bits per heavy atom. The van der Waals surface area contributed by atoms with Crippen molar-refractivity contribution in [1.82, 2.24) is 14.7 Å². The maximum Gasteiger partial charge on any atom is 0.225 e. The van der Waals surface area contributed by atoms with Gasteiger partial charge in [-0.3, -0.25) is 4.79 Å². The molecule has 0 spiro atoms. The molecule has 2 aliphatic rings. The second kappa shape index (κ2) is 4.44. The van der Waals surface area contributed by atoms with Gasteiger partial charge in [0.1, 0.15) is 5.82 Å². The van der Waals surface area contributed by atoms with Gasteiger partial charge in [0, 0.05) is 36.0 Å². The van der Waals surface area contributed by atoms with Crippen LogP contribution in [0.15, 0.2) is 0 Å². The molecule has 0 unspecified atom stereocenters. The molecule has 1 N–H and O–H groups in total. The van der Waals surface area contributed by atoms with E-state index in [-0.39, 0.29) is 17.4 Å². The zero-order valence-electron chi connectivity index (χ0n) is 11.6. The number of amides is 1. The van der Waals surface area contributed by atoms with Crippen LogP contribution < -0.4 is 10.2 Å². The molecule has 6 heteroatoms. The van der Waals surface area contributed by atoms with Crippen LogP contribution in [0.4, 0.5) is 5.13 Å². The zero-order valence-corrected chi connectivity index (χ0v) is 12.5. The highest BCUT2D eigenvalue weighted by molar-refractivity contribution is 7.09. The number of rotatable bonds is 3. The largest absolute Gasteiger partial charge is 0.349 e. The molecule has 1 amide bonds. The summed E-state index contributed by atoms with van der Waals surface area (Å²) in [5.41, 5.74) is -0.317. The molecular weight excluding hydrogens is 260 g/mol. The summed E-state index contributed by atoms with van der Waals surface area (Å²) >= 11 is 1.48. The van der Waals surface area contributed by atoms with Crippen molar-refractivity contribution in [2.24, 2.45) is 5.41 Å². The normalized spacial score (nSPS) is 20.3. The van der Waals surface area contributed by atoms with E-state index in [1.807, 2.05) is 20.8 Å². The topological polar surface area (TPSA) is 58.1 Å². The molecule has 0 radical (unpaired) electrons. The minimum Gasteiger partial charge on any atom is -0.349 e. The number of aromatic nitrogens is 2. The molecule has 0 bridgehead atoms. The molecule has 1 saturated carbocycles. The van der Waals surface area contributed by atoms with E-state index in [2.05, 4.69) is 19.6 Å². The van der Waals surface area contributed by atoms with Crippen LogP contribution in [0.2, 0.25) is 0 Å². The van der Waals surface area contributed by atoms with Crippen molar-refractivity contribution in [3.05, 3.63) is 5.82 Å². The second-order valence-corrected chi connectivity index (χ2v) is 7.27. The predicted octanol–water partition coefficient (Wildman–Crippen LogP) is 1.77. The summed E-state index contributed by atoms with van der Waals surface area (Å²) < 4.78 is 4.41. The van der Waals surface area contributed by atoms with Gasteiger partial charge < -0.3 is 10.2 Å². The van der Waals surface area contributed by atoms with E-state index in [9.17, 15) is 4.79 Å². The summed E-state index contributed by atoms with van der Waals surface area (Å²) in [5.74, 6) is 1.75. The number of carbonyl (C=O) groups is 1.